The van der Waals surface area contributed by atoms with Crippen LogP contribution in [0.3, 0.4) is 0 Å². The molecule has 9 nitrogen and oxygen atoms in total. The van der Waals surface area contributed by atoms with Gasteiger partial charge in [0.05, 0.1) is 27.0 Å². The molecule has 1 saturated heterocycles. The maximum Gasteiger partial charge on any atom is 0.321 e. The van der Waals surface area contributed by atoms with E-state index in [2.05, 4.69) is 26.7 Å². The van der Waals surface area contributed by atoms with Crippen molar-refractivity contribution in [1.82, 2.24) is 19.4 Å². The van der Waals surface area contributed by atoms with Crippen LogP contribution in [0.5, 0.6) is 17.2 Å². The number of hydrogen-bond acceptors (Lipinski definition) is 6. The fraction of sp³-hybridized carbons (Fsp3) is 0.524. The SMILES string of the molecule is CCc1nccn1CCN1CCN(C(=O)Nc2cc(OC)c(OC)c(OC)c2)CC1. The number of benzene rings is 1. The Morgan fingerprint density at radius 1 is 1.03 bits per heavy atom. The van der Waals surface area contributed by atoms with Crippen molar-refractivity contribution in [2.24, 2.45) is 0 Å². The van der Waals surface area contributed by atoms with Crippen LogP contribution in [0.2, 0.25) is 0 Å². The van der Waals surface area contributed by atoms with Crippen molar-refractivity contribution < 1.29 is 19.0 Å². The average Bonchev–Trinajstić information content (AvgIpc) is 3.24. The van der Waals surface area contributed by atoms with Crippen LogP contribution in [0, 0.1) is 0 Å². The fourth-order valence-electron chi connectivity index (χ4n) is 3.64. The molecule has 0 radical (unpaired) electrons. The van der Waals surface area contributed by atoms with Crippen LogP contribution in [0.15, 0.2) is 24.5 Å². The second kappa shape index (κ2) is 10.2. The van der Waals surface area contributed by atoms with Crippen LogP contribution < -0.4 is 19.5 Å². The number of nitrogens with one attached hydrogen (secondary N) is 1. The summed E-state index contributed by atoms with van der Waals surface area (Å²) in [5.41, 5.74) is 0.601. The van der Waals surface area contributed by atoms with E-state index < -0.39 is 0 Å². The monoisotopic (exact) mass is 417 g/mol. The Morgan fingerprint density at radius 3 is 2.27 bits per heavy atom. The standard InChI is InChI=1S/C21H31N5O4/c1-5-19-22-6-7-25(19)11-8-24-9-12-26(13-10-24)21(27)23-16-14-17(28-2)20(30-4)18(15-16)29-3/h6-7,14-15H,5,8-13H2,1-4H3,(H,23,27). The number of urea groups is 1. The second-order valence-corrected chi connectivity index (χ2v) is 7.06. The highest BCUT2D eigenvalue weighted by Crippen LogP contribution is 2.39. The minimum Gasteiger partial charge on any atom is -0.493 e. The highest BCUT2D eigenvalue weighted by Gasteiger charge is 2.22. The molecule has 0 aliphatic carbocycles. The van der Waals surface area contributed by atoms with Gasteiger partial charge in [0.2, 0.25) is 5.75 Å². The number of rotatable bonds is 8. The van der Waals surface area contributed by atoms with E-state index in [0.29, 0.717) is 36.0 Å². The number of hydrogen-bond donors (Lipinski definition) is 1. The van der Waals surface area contributed by atoms with Crippen LogP contribution in [-0.4, -0.2) is 79.4 Å². The van der Waals surface area contributed by atoms with Crippen LogP contribution in [-0.2, 0) is 13.0 Å². The molecule has 0 saturated carbocycles. The third-order valence-corrected chi connectivity index (χ3v) is 5.35. The molecule has 0 unspecified atom stereocenters. The Balaban J connectivity index is 1.53. The number of methoxy groups -OCH3 is 3. The molecule has 1 aromatic heterocycles. The Morgan fingerprint density at radius 2 is 1.70 bits per heavy atom. The van der Waals surface area contributed by atoms with Gasteiger partial charge < -0.3 is 29.0 Å². The molecule has 3 rings (SSSR count). The van der Waals surface area contributed by atoms with Crippen molar-refractivity contribution in [3.63, 3.8) is 0 Å². The number of aromatic nitrogens is 2. The lowest BCUT2D eigenvalue weighted by Gasteiger charge is -2.34. The summed E-state index contributed by atoms with van der Waals surface area (Å²) >= 11 is 0. The minimum atomic E-state index is -0.133. The first-order chi connectivity index (χ1) is 14.6. The summed E-state index contributed by atoms with van der Waals surface area (Å²) < 4.78 is 18.2. The van der Waals surface area contributed by atoms with E-state index in [0.717, 1.165) is 38.4 Å². The number of piperazine rings is 1. The van der Waals surface area contributed by atoms with E-state index in [1.807, 2.05) is 17.3 Å². The molecule has 0 bridgehead atoms. The molecule has 1 aromatic carbocycles. The van der Waals surface area contributed by atoms with Crippen molar-refractivity contribution in [2.45, 2.75) is 19.9 Å². The number of nitrogens with zero attached hydrogens (tertiary/aromatic N) is 4. The molecular weight excluding hydrogens is 386 g/mol. The van der Waals surface area contributed by atoms with Crippen molar-refractivity contribution in [3.8, 4) is 17.2 Å². The summed E-state index contributed by atoms with van der Waals surface area (Å²) in [6.07, 6.45) is 4.81. The first-order valence-corrected chi connectivity index (χ1v) is 10.2. The van der Waals surface area contributed by atoms with Gasteiger partial charge in [-0.2, -0.15) is 0 Å². The summed E-state index contributed by atoms with van der Waals surface area (Å²) in [5, 5.41) is 2.94. The van der Waals surface area contributed by atoms with Crippen molar-refractivity contribution in [2.75, 3.05) is 59.4 Å². The zero-order valence-corrected chi connectivity index (χ0v) is 18.2. The van der Waals surface area contributed by atoms with Gasteiger partial charge in [-0.1, -0.05) is 6.92 Å². The number of anilines is 1. The van der Waals surface area contributed by atoms with E-state index in [9.17, 15) is 4.79 Å². The van der Waals surface area contributed by atoms with Gasteiger partial charge in [-0.25, -0.2) is 9.78 Å². The Bertz CT molecular complexity index is 821. The molecule has 164 valence electrons. The maximum atomic E-state index is 12.7. The molecule has 2 aromatic rings. The Hall–Kier alpha value is -2.94. The van der Waals surface area contributed by atoms with E-state index in [1.165, 1.54) is 0 Å². The van der Waals surface area contributed by atoms with Crippen molar-refractivity contribution in [1.29, 1.82) is 0 Å². The molecular formula is C21H31N5O4. The highest BCUT2D eigenvalue weighted by molar-refractivity contribution is 5.90. The van der Waals surface area contributed by atoms with Gasteiger partial charge in [0.25, 0.3) is 0 Å². The summed E-state index contributed by atoms with van der Waals surface area (Å²) in [7, 11) is 4.65. The van der Waals surface area contributed by atoms with Gasteiger partial charge in [-0.05, 0) is 0 Å². The van der Waals surface area contributed by atoms with E-state index in [-0.39, 0.29) is 6.03 Å². The lowest BCUT2D eigenvalue weighted by Crippen LogP contribution is -2.50. The third kappa shape index (κ3) is 4.96. The normalized spacial score (nSPS) is 14.5. The topological polar surface area (TPSA) is 81.1 Å². The fourth-order valence-corrected chi connectivity index (χ4v) is 3.64. The number of ether oxygens (including phenoxy) is 3. The second-order valence-electron chi connectivity index (χ2n) is 7.06. The summed E-state index contributed by atoms with van der Waals surface area (Å²) in [5.74, 6) is 2.61. The minimum absolute atomic E-state index is 0.133. The highest BCUT2D eigenvalue weighted by atomic mass is 16.5. The number of amides is 2. The quantitative estimate of drug-likeness (QED) is 0.710. The van der Waals surface area contributed by atoms with Gasteiger partial charge in [0, 0.05) is 70.2 Å². The van der Waals surface area contributed by atoms with Gasteiger partial charge in [0.15, 0.2) is 11.5 Å². The maximum absolute atomic E-state index is 12.7. The molecule has 0 spiro atoms. The van der Waals surface area contributed by atoms with Gasteiger partial charge >= 0.3 is 6.03 Å². The van der Waals surface area contributed by atoms with Crippen LogP contribution in [0.4, 0.5) is 10.5 Å². The van der Waals surface area contributed by atoms with E-state index in [4.69, 9.17) is 14.2 Å². The number of imidazole rings is 1. The zero-order valence-electron chi connectivity index (χ0n) is 18.2. The summed E-state index contributed by atoms with van der Waals surface area (Å²) in [4.78, 5) is 21.3. The molecule has 2 amide bonds. The van der Waals surface area contributed by atoms with Crippen LogP contribution in [0.1, 0.15) is 12.7 Å². The van der Waals surface area contributed by atoms with Gasteiger partial charge in [0.1, 0.15) is 5.82 Å². The average molecular weight is 418 g/mol. The zero-order chi connectivity index (χ0) is 21.5. The Labute approximate surface area is 177 Å². The van der Waals surface area contributed by atoms with Crippen LogP contribution in [0.25, 0.3) is 0 Å². The van der Waals surface area contributed by atoms with Crippen LogP contribution >= 0.6 is 0 Å². The first-order valence-electron chi connectivity index (χ1n) is 10.2. The molecule has 0 atom stereocenters. The summed E-state index contributed by atoms with van der Waals surface area (Å²) in [6.45, 7) is 7.04. The van der Waals surface area contributed by atoms with Crippen molar-refractivity contribution >= 4 is 11.7 Å². The molecule has 1 fully saturated rings. The molecule has 1 N–H and O–H groups in total. The van der Waals surface area contributed by atoms with Crippen molar-refractivity contribution in [3.05, 3.63) is 30.4 Å². The predicted molar refractivity (Wildman–Crippen MR) is 115 cm³/mol. The smallest absolute Gasteiger partial charge is 0.321 e. The van der Waals surface area contributed by atoms with E-state index >= 15 is 0 Å². The number of carbonyl (C=O) groups excluding carboxylic acids is 1. The first kappa shape index (κ1) is 21.8. The summed E-state index contributed by atoms with van der Waals surface area (Å²) in [6, 6.07) is 3.32. The lowest BCUT2D eigenvalue weighted by molar-refractivity contribution is 0.144. The van der Waals surface area contributed by atoms with E-state index in [1.54, 1.807) is 33.5 Å². The molecule has 9 heteroatoms. The predicted octanol–water partition coefficient (Wildman–Crippen LogP) is 2.32. The largest absolute Gasteiger partial charge is 0.493 e. The Kier molecular flexibility index (Phi) is 7.40. The van der Waals surface area contributed by atoms with Gasteiger partial charge in [-0.3, -0.25) is 4.90 Å². The van der Waals surface area contributed by atoms with Gasteiger partial charge in [-0.15, -0.1) is 0 Å². The molecule has 2 heterocycles. The number of carbonyl (C=O) groups is 1. The molecule has 30 heavy (non-hydrogen) atoms. The number of aryl methyl sites for hydroxylation is 1. The molecule has 1 aliphatic rings. The molecule has 1 aliphatic heterocycles. The third-order valence-electron chi connectivity index (χ3n) is 5.35. The lowest BCUT2D eigenvalue weighted by atomic mass is 10.2.